The quantitative estimate of drug-likeness (QED) is 0.286. The summed E-state index contributed by atoms with van der Waals surface area (Å²) in [5.74, 6) is -0.506. The van der Waals surface area contributed by atoms with Crippen LogP contribution in [0.3, 0.4) is 0 Å². The third kappa shape index (κ3) is 6.39. The van der Waals surface area contributed by atoms with Crippen molar-refractivity contribution in [1.82, 2.24) is 0 Å². The van der Waals surface area contributed by atoms with Crippen molar-refractivity contribution < 1.29 is 27.6 Å². The smallest absolute Gasteiger partial charge is 0.240 e. The Morgan fingerprint density at radius 3 is 1.41 bits per heavy atom. The highest BCUT2D eigenvalue weighted by Crippen LogP contribution is 2.42. The Morgan fingerprint density at radius 2 is 1.07 bits per heavy atom. The molecule has 4 rings (SSSR count). The number of hydrogen-bond acceptors (Lipinski definition) is 8. The molecular formula is C28H32Cl4N2O6S. The van der Waals surface area contributed by atoms with E-state index in [4.69, 9.17) is 65.6 Å². The molecule has 8 nitrogen and oxygen atoms in total. The predicted octanol–water partition coefficient (Wildman–Crippen LogP) is 7.77. The molecule has 13 heteroatoms. The van der Waals surface area contributed by atoms with Crippen molar-refractivity contribution >= 4 is 66.3 Å². The highest BCUT2D eigenvalue weighted by molar-refractivity contribution is 8.19. The van der Waals surface area contributed by atoms with Gasteiger partial charge in [-0.1, -0.05) is 56.7 Å². The maximum Gasteiger partial charge on any atom is 0.240 e. The summed E-state index contributed by atoms with van der Waals surface area (Å²) in [6.45, 7) is 11.6. The molecule has 2 aromatic carbocycles. The number of benzene rings is 2. The summed E-state index contributed by atoms with van der Waals surface area (Å²) >= 11 is 26.0. The minimum absolute atomic E-state index is 0.163. The average Bonchev–Trinajstić information content (AvgIpc) is 3.35. The molecule has 0 N–H and O–H groups in total. The lowest BCUT2D eigenvalue weighted by Gasteiger charge is -2.27. The molecule has 0 spiro atoms. The molecule has 2 aliphatic heterocycles. The van der Waals surface area contributed by atoms with Crippen LogP contribution in [0.5, 0.6) is 11.5 Å². The summed E-state index contributed by atoms with van der Waals surface area (Å²) in [4.78, 5) is 11.3. The Labute approximate surface area is 260 Å². The molecule has 224 valence electrons. The predicted molar refractivity (Wildman–Crippen MR) is 164 cm³/mol. The van der Waals surface area contributed by atoms with E-state index in [1.807, 2.05) is 13.8 Å². The van der Waals surface area contributed by atoms with Gasteiger partial charge in [0.25, 0.3) is 0 Å². The number of ether oxygens (including phenoxy) is 2. The molecule has 0 bridgehead atoms. The van der Waals surface area contributed by atoms with Gasteiger partial charge in [0.15, 0.2) is 10.1 Å². The molecule has 0 fully saturated rings. The van der Waals surface area contributed by atoms with Crippen LogP contribution < -0.4 is 9.47 Å². The monoisotopic (exact) mass is 664 g/mol. The number of hydrogen-bond donors (Lipinski definition) is 0. The van der Waals surface area contributed by atoms with Crippen molar-refractivity contribution in [2.45, 2.75) is 65.6 Å². The van der Waals surface area contributed by atoms with E-state index in [1.165, 1.54) is 0 Å². The Bertz CT molecular complexity index is 1400. The van der Waals surface area contributed by atoms with Crippen LogP contribution in [-0.4, -0.2) is 42.9 Å². The lowest BCUT2D eigenvalue weighted by atomic mass is 9.86. The van der Waals surface area contributed by atoms with E-state index in [-0.39, 0.29) is 22.9 Å². The second kappa shape index (κ2) is 12.0. The maximum absolute atomic E-state index is 14.2. The lowest BCUT2D eigenvalue weighted by molar-refractivity contribution is -0.0143. The second-order valence-electron chi connectivity index (χ2n) is 10.9. The molecule has 0 aliphatic carbocycles. The molecule has 0 saturated heterocycles. The van der Waals surface area contributed by atoms with E-state index in [0.29, 0.717) is 55.9 Å². The minimum atomic E-state index is -4.25. The number of sulfone groups is 1. The Kier molecular flexibility index (Phi) is 9.37. The van der Waals surface area contributed by atoms with Crippen LogP contribution >= 0.6 is 46.4 Å². The van der Waals surface area contributed by atoms with Crippen LogP contribution in [-0.2, 0) is 32.4 Å². The van der Waals surface area contributed by atoms with Gasteiger partial charge < -0.3 is 19.1 Å². The zero-order chi connectivity index (χ0) is 30.3. The number of halogens is 4. The van der Waals surface area contributed by atoms with Crippen LogP contribution in [0, 0.1) is 11.8 Å². The first-order valence-corrected chi connectivity index (χ1v) is 16.1. The molecule has 0 saturated carbocycles. The molecule has 0 amide bonds. The first kappa shape index (κ1) is 32.0. The Hall–Kier alpha value is -1.91. The SMILES string of the molecule is CCOc1cc(Cl)c(CC2C(S(=O)(=O)C3=NOC(C)(C)C3Cc3cc(Cl)c(OCC)cc3Cl)=NOC2(C)C)cc1Cl. The van der Waals surface area contributed by atoms with E-state index in [9.17, 15) is 8.42 Å². The van der Waals surface area contributed by atoms with Gasteiger partial charge in [0.1, 0.15) is 22.7 Å². The van der Waals surface area contributed by atoms with Crippen molar-refractivity contribution in [2.75, 3.05) is 13.2 Å². The van der Waals surface area contributed by atoms with E-state index in [2.05, 4.69) is 10.3 Å². The summed E-state index contributed by atoms with van der Waals surface area (Å²) in [6, 6.07) is 6.59. The van der Waals surface area contributed by atoms with Gasteiger partial charge >= 0.3 is 0 Å². The van der Waals surface area contributed by atoms with Crippen LogP contribution in [0.2, 0.25) is 20.1 Å². The van der Waals surface area contributed by atoms with Crippen molar-refractivity contribution in [2.24, 2.45) is 22.1 Å². The van der Waals surface area contributed by atoms with Crippen molar-refractivity contribution in [1.29, 1.82) is 0 Å². The average molecular weight is 666 g/mol. The molecular weight excluding hydrogens is 634 g/mol. The van der Waals surface area contributed by atoms with Crippen molar-refractivity contribution in [3.05, 3.63) is 55.5 Å². The second-order valence-corrected chi connectivity index (χ2v) is 14.4. The molecule has 2 unspecified atom stereocenters. The zero-order valence-corrected chi connectivity index (χ0v) is 27.4. The third-order valence-corrected chi connectivity index (χ3v) is 10.3. The van der Waals surface area contributed by atoms with Gasteiger partial charge in [-0.25, -0.2) is 8.42 Å². The van der Waals surface area contributed by atoms with Crippen LogP contribution in [0.25, 0.3) is 0 Å². The number of oxime groups is 2. The summed E-state index contributed by atoms with van der Waals surface area (Å²) in [7, 11) is -4.25. The van der Waals surface area contributed by atoms with Crippen molar-refractivity contribution in [3.8, 4) is 11.5 Å². The normalized spacial score (nSPS) is 21.1. The highest BCUT2D eigenvalue weighted by Gasteiger charge is 2.54. The first-order chi connectivity index (χ1) is 19.1. The topological polar surface area (TPSA) is 95.8 Å². The fourth-order valence-electron chi connectivity index (χ4n) is 4.84. The van der Waals surface area contributed by atoms with E-state index >= 15 is 0 Å². The van der Waals surface area contributed by atoms with Gasteiger partial charge in [-0.3, -0.25) is 0 Å². The molecule has 2 atom stereocenters. The largest absolute Gasteiger partial charge is 0.492 e. The van der Waals surface area contributed by atoms with E-state index in [0.717, 1.165) is 0 Å². The summed E-state index contributed by atoms with van der Waals surface area (Å²) in [5.41, 5.74) is -0.672. The van der Waals surface area contributed by atoms with Crippen molar-refractivity contribution in [3.63, 3.8) is 0 Å². The molecule has 0 radical (unpaired) electrons. The maximum atomic E-state index is 14.2. The molecule has 2 aliphatic rings. The van der Waals surface area contributed by atoms with Gasteiger partial charge in [0.05, 0.1) is 35.1 Å². The fraction of sp³-hybridized carbons (Fsp3) is 0.500. The summed E-state index contributed by atoms with van der Waals surface area (Å²) in [6.07, 6.45) is 0.386. The molecule has 2 aromatic rings. The van der Waals surface area contributed by atoms with Gasteiger partial charge in [-0.15, -0.1) is 0 Å². The zero-order valence-electron chi connectivity index (χ0n) is 23.6. The lowest BCUT2D eigenvalue weighted by Crippen LogP contribution is -2.43. The standard InChI is InChI=1S/C28H32Cl4N2O6S/c1-7-37-23-13-19(29)15(11-21(23)31)9-17-25(33-39-27(17,3)4)41(35,36)26-18(28(5,6)40-34-26)10-16-12-22(32)24(38-8-2)14-20(16)30/h11-14,17-18H,7-10H2,1-6H3. The van der Waals surface area contributed by atoms with E-state index < -0.39 is 32.9 Å². The van der Waals surface area contributed by atoms with Gasteiger partial charge in [0, 0.05) is 22.2 Å². The first-order valence-electron chi connectivity index (χ1n) is 13.1. The van der Waals surface area contributed by atoms with Crippen LogP contribution in [0.1, 0.15) is 52.7 Å². The number of nitrogens with zero attached hydrogens (tertiary/aromatic N) is 2. The van der Waals surface area contributed by atoms with E-state index in [1.54, 1.807) is 52.0 Å². The summed E-state index contributed by atoms with van der Waals surface area (Å²) in [5, 5.41) is 9.31. The van der Waals surface area contributed by atoms with Crippen LogP contribution in [0.4, 0.5) is 0 Å². The fourth-order valence-corrected chi connectivity index (χ4v) is 7.76. The molecule has 2 heterocycles. The van der Waals surface area contributed by atoms with Gasteiger partial charge in [-0.2, -0.15) is 0 Å². The molecule has 41 heavy (non-hydrogen) atoms. The van der Waals surface area contributed by atoms with Gasteiger partial charge in [-0.05, 0) is 77.6 Å². The third-order valence-electron chi connectivity index (χ3n) is 7.22. The van der Waals surface area contributed by atoms with Crippen LogP contribution in [0.15, 0.2) is 34.6 Å². The van der Waals surface area contributed by atoms with Gasteiger partial charge in [0.2, 0.25) is 9.84 Å². The Morgan fingerprint density at radius 1 is 0.707 bits per heavy atom. The minimum Gasteiger partial charge on any atom is -0.492 e. The highest BCUT2D eigenvalue weighted by atomic mass is 35.5. The number of rotatable bonds is 8. The summed E-state index contributed by atoms with van der Waals surface area (Å²) < 4.78 is 39.5. The Balaban J connectivity index is 1.68. The molecule has 0 aromatic heterocycles.